The number of nitrogens with zero attached hydrogens (tertiary/aromatic N) is 3. The van der Waals surface area contributed by atoms with Crippen molar-refractivity contribution in [2.75, 3.05) is 24.4 Å². The molecule has 1 atom stereocenters. The number of carbonyl (C=O) groups is 2. The monoisotopic (exact) mass is 459 g/mol. The van der Waals surface area contributed by atoms with Crippen LogP contribution < -0.4 is 20.3 Å². The van der Waals surface area contributed by atoms with E-state index >= 15 is 0 Å². The molecule has 0 aromatic heterocycles. The molecular formula is C24H21N5O5. The molecule has 3 aromatic rings. The molecule has 0 spiro atoms. The summed E-state index contributed by atoms with van der Waals surface area (Å²) >= 11 is 0. The van der Waals surface area contributed by atoms with Crippen molar-refractivity contribution in [1.29, 1.82) is 0 Å². The number of rotatable bonds is 5. The number of hydrogen-bond donors (Lipinski definition) is 2. The first kappa shape index (κ1) is 22.5. The molecule has 3 aromatic carbocycles. The summed E-state index contributed by atoms with van der Waals surface area (Å²) in [7, 11) is 2.95. The average molecular weight is 459 g/mol. The number of ether oxygens (including phenoxy) is 1. The van der Waals surface area contributed by atoms with E-state index in [1.54, 1.807) is 7.05 Å². The Hall–Kier alpha value is -4.73. The Labute approximate surface area is 195 Å². The quantitative estimate of drug-likeness (QED) is 0.446. The number of carbonyl (C=O) groups excluding carboxylic acids is 2. The Bertz CT molecular complexity index is 1290. The number of non-ortho nitro benzene ring substituents is 1. The summed E-state index contributed by atoms with van der Waals surface area (Å²) in [6, 6.07) is 19.8. The molecule has 0 saturated carbocycles. The van der Waals surface area contributed by atoms with Crippen LogP contribution in [-0.2, 0) is 4.79 Å². The molecule has 2 N–H and O–H groups in total. The summed E-state index contributed by atoms with van der Waals surface area (Å²) in [5.41, 5.74) is 2.80. The van der Waals surface area contributed by atoms with E-state index in [1.165, 1.54) is 30.2 Å². The topological polar surface area (TPSA) is 126 Å². The van der Waals surface area contributed by atoms with Gasteiger partial charge in [-0.1, -0.05) is 48.5 Å². The van der Waals surface area contributed by atoms with Crippen molar-refractivity contribution in [3.63, 3.8) is 0 Å². The number of likely N-dealkylation sites (N-methyl/N-ethyl adjacent to an activating group) is 1. The maximum atomic E-state index is 13.2. The standard InChI is InChI=1S/C24H21N5O5/c1-28-19-11-7-6-10-17(19)21(15-8-4-3-5-9-15)26-22(23(28)30)27-24(31)25-18-13-12-16(29(32)33)14-20(18)34-2/h3-14,22H,1-2H3,(H2,25,27,31). The Balaban J connectivity index is 1.66. The number of nitro benzene ring substituents is 1. The molecule has 4 rings (SSSR count). The van der Waals surface area contributed by atoms with Gasteiger partial charge in [0.2, 0.25) is 6.17 Å². The van der Waals surface area contributed by atoms with Gasteiger partial charge in [-0.15, -0.1) is 0 Å². The summed E-state index contributed by atoms with van der Waals surface area (Å²) in [4.78, 5) is 42.5. The van der Waals surface area contributed by atoms with E-state index in [-0.39, 0.29) is 17.1 Å². The lowest BCUT2D eigenvalue weighted by Crippen LogP contribution is -2.47. The molecule has 1 aliphatic heterocycles. The number of benzene rings is 3. The lowest BCUT2D eigenvalue weighted by Gasteiger charge is -2.21. The summed E-state index contributed by atoms with van der Waals surface area (Å²) < 4.78 is 5.15. The lowest BCUT2D eigenvalue weighted by molar-refractivity contribution is -0.384. The Morgan fingerprint density at radius 1 is 1.09 bits per heavy atom. The van der Waals surface area contributed by atoms with Crippen molar-refractivity contribution >= 4 is 34.7 Å². The van der Waals surface area contributed by atoms with Gasteiger partial charge in [0, 0.05) is 24.2 Å². The number of para-hydroxylation sites is 1. The van der Waals surface area contributed by atoms with E-state index in [0.717, 1.165) is 11.1 Å². The van der Waals surface area contributed by atoms with Crippen LogP contribution in [0.25, 0.3) is 0 Å². The highest BCUT2D eigenvalue weighted by molar-refractivity contribution is 6.20. The molecule has 10 heteroatoms. The second kappa shape index (κ2) is 9.41. The van der Waals surface area contributed by atoms with E-state index in [1.807, 2.05) is 54.6 Å². The fraction of sp³-hybridized carbons (Fsp3) is 0.125. The number of anilines is 2. The highest BCUT2D eigenvalue weighted by atomic mass is 16.6. The second-order valence-electron chi connectivity index (χ2n) is 7.40. The van der Waals surface area contributed by atoms with Gasteiger partial charge in [0.15, 0.2) is 0 Å². The van der Waals surface area contributed by atoms with E-state index < -0.39 is 23.0 Å². The predicted octanol–water partition coefficient (Wildman–Crippen LogP) is 3.57. The fourth-order valence-electron chi connectivity index (χ4n) is 3.62. The number of hydrogen-bond acceptors (Lipinski definition) is 6. The number of nitro groups is 1. The van der Waals surface area contributed by atoms with Crippen molar-refractivity contribution < 1.29 is 19.2 Å². The van der Waals surface area contributed by atoms with Crippen molar-refractivity contribution in [3.05, 3.63) is 94.0 Å². The second-order valence-corrected chi connectivity index (χ2v) is 7.40. The van der Waals surface area contributed by atoms with Crippen molar-refractivity contribution in [2.45, 2.75) is 6.17 Å². The first-order valence-electron chi connectivity index (χ1n) is 10.3. The number of aliphatic imine (C=N–C) groups is 1. The molecule has 1 aliphatic rings. The van der Waals surface area contributed by atoms with E-state index in [2.05, 4.69) is 15.6 Å². The number of urea groups is 1. The van der Waals surface area contributed by atoms with E-state index in [0.29, 0.717) is 11.4 Å². The van der Waals surface area contributed by atoms with Gasteiger partial charge < -0.3 is 20.3 Å². The first-order chi connectivity index (χ1) is 16.4. The molecule has 0 aliphatic carbocycles. The molecule has 0 bridgehead atoms. The fourth-order valence-corrected chi connectivity index (χ4v) is 3.62. The summed E-state index contributed by atoms with van der Waals surface area (Å²) in [5.74, 6) is -0.321. The van der Waals surface area contributed by atoms with Gasteiger partial charge in [-0.2, -0.15) is 0 Å². The number of amides is 3. The summed E-state index contributed by atoms with van der Waals surface area (Å²) in [6.07, 6.45) is -1.21. The van der Waals surface area contributed by atoms with Gasteiger partial charge in [-0.05, 0) is 12.1 Å². The Kier molecular flexibility index (Phi) is 6.22. The zero-order valence-electron chi connectivity index (χ0n) is 18.4. The molecule has 172 valence electrons. The molecule has 1 unspecified atom stereocenters. The maximum absolute atomic E-state index is 13.2. The zero-order chi connectivity index (χ0) is 24.2. The highest BCUT2D eigenvalue weighted by Crippen LogP contribution is 2.30. The van der Waals surface area contributed by atoms with Crippen molar-refractivity contribution in [1.82, 2.24) is 5.32 Å². The van der Waals surface area contributed by atoms with Crippen LogP contribution in [0.15, 0.2) is 77.8 Å². The highest BCUT2D eigenvalue weighted by Gasteiger charge is 2.31. The SMILES string of the molecule is COc1cc([N+](=O)[O-])ccc1NC(=O)NC1N=C(c2ccccc2)c2ccccc2N(C)C1=O. The number of methoxy groups -OCH3 is 1. The number of benzodiazepines with no additional fused rings is 1. The molecule has 10 nitrogen and oxygen atoms in total. The largest absolute Gasteiger partial charge is 0.494 e. The molecule has 3 amide bonds. The smallest absolute Gasteiger partial charge is 0.321 e. The first-order valence-corrected chi connectivity index (χ1v) is 10.3. The molecule has 34 heavy (non-hydrogen) atoms. The van der Waals surface area contributed by atoms with Crippen LogP contribution in [0, 0.1) is 10.1 Å². The van der Waals surface area contributed by atoms with Gasteiger partial charge in [0.25, 0.3) is 11.6 Å². The van der Waals surface area contributed by atoms with E-state index in [4.69, 9.17) is 4.74 Å². The van der Waals surface area contributed by atoms with Gasteiger partial charge in [0.1, 0.15) is 5.75 Å². The van der Waals surface area contributed by atoms with Gasteiger partial charge in [0.05, 0.1) is 35.2 Å². The van der Waals surface area contributed by atoms with Crippen LogP contribution >= 0.6 is 0 Å². The number of nitrogens with one attached hydrogen (secondary N) is 2. The minimum atomic E-state index is -1.21. The third kappa shape index (κ3) is 4.42. The van der Waals surface area contributed by atoms with Crippen molar-refractivity contribution in [2.24, 2.45) is 4.99 Å². The molecule has 0 saturated heterocycles. The Morgan fingerprint density at radius 2 is 1.79 bits per heavy atom. The van der Waals surface area contributed by atoms with Crippen LogP contribution in [0.4, 0.5) is 21.9 Å². The van der Waals surface area contributed by atoms with Crippen LogP contribution in [0.5, 0.6) is 5.75 Å². The summed E-state index contributed by atoms with van der Waals surface area (Å²) in [6.45, 7) is 0. The predicted molar refractivity (Wildman–Crippen MR) is 128 cm³/mol. The number of fused-ring (bicyclic) bond motifs is 1. The molecular weight excluding hydrogens is 438 g/mol. The van der Waals surface area contributed by atoms with Crippen molar-refractivity contribution in [3.8, 4) is 5.75 Å². The van der Waals surface area contributed by atoms with Crippen LogP contribution in [0.1, 0.15) is 11.1 Å². The lowest BCUT2D eigenvalue weighted by atomic mass is 10.0. The Morgan fingerprint density at radius 3 is 2.50 bits per heavy atom. The minimum absolute atomic E-state index is 0.106. The van der Waals surface area contributed by atoms with Crippen LogP contribution in [-0.4, -0.2) is 42.9 Å². The van der Waals surface area contributed by atoms with E-state index in [9.17, 15) is 19.7 Å². The third-order valence-corrected chi connectivity index (χ3v) is 5.30. The summed E-state index contributed by atoms with van der Waals surface area (Å²) in [5, 5.41) is 16.2. The average Bonchev–Trinajstić information content (AvgIpc) is 2.95. The zero-order valence-corrected chi connectivity index (χ0v) is 18.4. The van der Waals surface area contributed by atoms with Gasteiger partial charge in [-0.25, -0.2) is 9.79 Å². The maximum Gasteiger partial charge on any atom is 0.321 e. The minimum Gasteiger partial charge on any atom is -0.494 e. The van der Waals surface area contributed by atoms with Gasteiger partial charge in [-0.3, -0.25) is 14.9 Å². The van der Waals surface area contributed by atoms with Gasteiger partial charge >= 0.3 is 6.03 Å². The molecule has 0 fully saturated rings. The normalized spacial score (nSPS) is 15.0. The van der Waals surface area contributed by atoms with Crippen LogP contribution in [0.2, 0.25) is 0 Å². The van der Waals surface area contributed by atoms with Crippen LogP contribution in [0.3, 0.4) is 0 Å². The molecule has 1 heterocycles. The molecule has 0 radical (unpaired) electrons. The third-order valence-electron chi connectivity index (χ3n) is 5.30.